The van der Waals surface area contributed by atoms with Gasteiger partial charge in [-0.2, -0.15) is 0 Å². The van der Waals surface area contributed by atoms with Gasteiger partial charge >= 0.3 is 0 Å². The summed E-state index contributed by atoms with van der Waals surface area (Å²) in [6.45, 7) is 2.43. The molecule has 6 nitrogen and oxygen atoms in total. The molecule has 2 aromatic carbocycles. The van der Waals surface area contributed by atoms with E-state index in [4.69, 9.17) is 4.74 Å². The van der Waals surface area contributed by atoms with Gasteiger partial charge in [0.1, 0.15) is 5.75 Å². The van der Waals surface area contributed by atoms with Gasteiger partial charge in [-0.15, -0.1) is 0 Å². The summed E-state index contributed by atoms with van der Waals surface area (Å²) in [6.07, 6.45) is 2.01. The van der Waals surface area contributed by atoms with Gasteiger partial charge < -0.3 is 10.1 Å². The standard InChI is InChI=1S/C18H20N2O4S/c1-2-24-16-9-7-15(8-10-16)20-25(22,23)17-11-3-13(4-12-17)18(21)19-14-5-6-14/h3-4,7-12,14,20H,2,5-6H2,1H3,(H,19,21). The highest BCUT2D eigenvalue weighted by atomic mass is 32.2. The minimum Gasteiger partial charge on any atom is -0.494 e. The molecular weight excluding hydrogens is 340 g/mol. The van der Waals surface area contributed by atoms with Crippen LogP contribution in [-0.2, 0) is 10.0 Å². The second kappa shape index (κ2) is 7.14. The molecule has 0 atom stereocenters. The molecule has 0 aromatic heterocycles. The first-order valence-corrected chi connectivity index (χ1v) is 9.63. The molecule has 1 aliphatic rings. The summed E-state index contributed by atoms with van der Waals surface area (Å²) >= 11 is 0. The number of hydrogen-bond acceptors (Lipinski definition) is 4. The van der Waals surface area contributed by atoms with Crippen LogP contribution < -0.4 is 14.8 Å². The van der Waals surface area contributed by atoms with E-state index in [1.807, 2.05) is 6.92 Å². The Balaban J connectivity index is 1.69. The smallest absolute Gasteiger partial charge is 0.261 e. The number of carbonyl (C=O) groups is 1. The average molecular weight is 360 g/mol. The van der Waals surface area contributed by atoms with Crippen LogP contribution in [0.5, 0.6) is 5.75 Å². The molecule has 0 spiro atoms. The van der Waals surface area contributed by atoms with E-state index < -0.39 is 10.0 Å². The highest BCUT2D eigenvalue weighted by Gasteiger charge is 2.24. The third-order valence-electron chi connectivity index (χ3n) is 3.76. The Morgan fingerprint density at radius 1 is 1.08 bits per heavy atom. The molecule has 2 aromatic rings. The Hall–Kier alpha value is -2.54. The van der Waals surface area contributed by atoms with Crippen LogP contribution in [0.4, 0.5) is 5.69 Å². The van der Waals surface area contributed by atoms with Crippen LogP contribution in [0.15, 0.2) is 53.4 Å². The lowest BCUT2D eigenvalue weighted by molar-refractivity contribution is 0.0951. The van der Waals surface area contributed by atoms with Crippen LogP contribution in [0.2, 0.25) is 0 Å². The van der Waals surface area contributed by atoms with Crippen LogP contribution in [0.25, 0.3) is 0 Å². The minimum atomic E-state index is -3.71. The summed E-state index contributed by atoms with van der Waals surface area (Å²) < 4.78 is 32.7. The average Bonchev–Trinajstić information content (AvgIpc) is 3.41. The molecule has 0 aliphatic heterocycles. The first-order chi connectivity index (χ1) is 12.0. The van der Waals surface area contributed by atoms with E-state index in [1.54, 1.807) is 24.3 Å². The summed E-state index contributed by atoms with van der Waals surface area (Å²) in [7, 11) is -3.71. The molecule has 7 heteroatoms. The van der Waals surface area contributed by atoms with Gasteiger partial charge in [0.05, 0.1) is 11.5 Å². The van der Waals surface area contributed by atoms with Gasteiger partial charge in [0.2, 0.25) is 0 Å². The molecule has 0 unspecified atom stereocenters. The van der Waals surface area contributed by atoms with Crippen LogP contribution in [0.3, 0.4) is 0 Å². The summed E-state index contributed by atoms with van der Waals surface area (Å²) in [5.74, 6) is 0.502. The number of amides is 1. The molecule has 3 rings (SSSR count). The van der Waals surface area contributed by atoms with E-state index in [-0.39, 0.29) is 16.8 Å². The summed E-state index contributed by atoms with van der Waals surface area (Å²) in [6, 6.07) is 12.8. The van der Waals surface area contributed by atoms with Crippen molar-refractivity contribution in [1.82, 2.24) is 5.32 Å². The van der Waals surface area contributed by atoms with Gasteiger partial charge in [-0.25, -0.2) is 8.42 Å². The van der Waals surface area contributed by atoms with Gasteiger partial charge in [0.15, 0.2) is 0 Å². The Bertz CT molecular complexity index is 842. The van der Waals surface area contributed by atoms with E-state index in [1.165, 1.54) is 24.3 Å². The highest BCUT2D eigenvalue weighted by Crippen LogP contribution is 2.21. The normalized spacial score (nSPS) is 14.0. The number of ether oxygens (including phenoxy) is 1. The third-order valence-corrected chi connectivity index (χ3v) is 5.15. The molecule has 0 bridgehead atoms. The van der Waals surface area contributed by atoms with Crippen molar-refractivity contribution in [1.29, 1.82) is 0 Å². The van der Waals surface area contributed by atoms with Crippen molar-refractivity contribution in [3.05, 3.63) is 54.1 Å². The van der Waals surface area contributed by atoms with E-state index in [9.17, 15) is 13.2 Å². The Labute approximate surface area is 147 Å². The zero-order chi connectivity index (χ0) is 17.9. The largest absolute Gasteiger partial charge is 0.494 e. The number of carbonyl (C=O) groups excluding carboxylic acids is 1. The second-order valence-corrected chi connectivity index (χ2v) is 7.52. The number of nitrogens with one attached hydrogen (secondary N) is 2. The Morgan fingerprint density at radius 2 is 1.72 bits per heavy atom. The molecule has 1 saturated carbocycles. The molecule has 1 fully saturated rings. The quantitative estimate of drug-likeness (QED) is 0.795. The van der Waals surface area contributed by atoms with Gasteiger partial charge in [-0.05, 0) is 68.3 Å². The fraction of sp³-hybridized carbons (Fsp3) is 0.278. The summed E-state index contributed by atoms with van der Waals surface area (Å²) in [5.41, 5.74) is 0.894. The predicted octanol–water partition coefficient (Wildman–Crippen LogP) is 2.78. The van der Waals surface area contributed by atoms with Crippen molar-refractivity contribution in [3.63, 3.8) is 0 Å². The number of benzene rings is 2. The van der Waals surface area contributed by atoms with Crippen molar-refractivity contribution >= 4 is 21.6 Å². The lowest BCUT2D eigenvalue weighted by Crippen LogP contribution is -2.25. The molecule has 0 heterocycles. The Kier molecular flexibility index (Phi) is 4.94. The van der Waals surface area contributed by atoms with Crippen LogP contribution >= 0.6 is 0 Å². The lowest BCUT2D eigenvalue weighted by Gasteiger charge is -2.10. The Morgan fingerprint density at radius 3 is 2.28 bits per heavy atom. The highest BCUT2D eigenvalue weighted by molar-refractivity contribution is 7.92. The molecule has 132 valence electrons. The maximum absolute atomic E-state index is 12.4. The van der Waals surface area contributed by atoms with E-state index >= 15 is 0 Å². The lowest BCUT2D eigenvalue weighted by atomic mass is 10.2. The number of sulfonamides is 1. The number of hydrogen-bond donors (Lipinski definition) is 2. The monoisotopic (exact) mass is 360 g/mol. The fourth-order valence-electron chi connectivity index (χ4n) is 2.28. The van der Waals surface area contributed by atoms with Crippen molar-refractivity contribution in [2.45, 2.75) is 30.7 Å². The van der Waals surface area contributed by atoms with Crippen molar-refractivity contribution in [2.24, 2.45) is 0 Å². The second-order valence-electron chi connectivity index (χ2n) is 5.84. The zero-order valence-corrected chi connectivity index (χ0v) is 14.7. The molecule has 0 saturated heterocycles. The maximum atomic E-state index is 12.4. The van der Waals surface area contributed by atoms with Crippen LogP contribution in [0.1, 0.15) is 30.1 Å². The molecule has 2 N–H and O–H groups in total. The zero-order valence-electron chi connectivity index (χ0n) is 13.9. The van der Waals surface area contributed by atoms with E-state index in [2.05, 4.69) is 10.0 Å². The molecule has 0 radical (unpaired) electrons. The van der Waals surface area contributed by atoms with Gasteiger partial charge in [0.25, 0.3) is 15.9 Å². The molecule has 25 heavy (non-hydrogen) atoms. The van der Waals surface area contributed by atoms with Gasteiger partial charge in [-0.3, -0.25) is 9.52 Å². The first-order valence-electron chi connectivity index (χ1n) is 8.14. The SMILES string of the molecule is CCOc1ccc(NS(=O)(=O)c2ccc(C(=O)NC3CC3)cc2)cc1. The van der Waals surface area contributed by atoms with E-state index in [0.717, 1.165) is 12.8 Å². The van der Waals surface area contributed by atoms with Gasteiger partial charge in [0, 0.05) is 17.3 Å². The third kappa shape index (κ3) is 4.51. The molecule has 1 aliphatic carbocycles. The minimum absolute atomic E-state index is 0.101. The molecular formula is C18H20N2O4S. The molecule has 1 amide bonds. The van der Waals surface area contributed by atoms with Crippen molar-refractivity contribution < 1.29 is 17.9 Å². The number of anilines is 1. The van der Waals surface area contributed by atoms with Crippen LogP contribution in [0, 0.1) is 0 Å². The maximum Gasteiger partial charge on any atom is 0.261 e. The predicted molar refractivity (Wildman–Crippen MR) is 95.3 cm³/mol. The topological polar surface area (TPSA) is 84.5 Å². The number of rotatable bonds is 7. The summed E-state index contributed by atoms with van der Waals surface area (Å²) in [4.78, 5) is 12.0. The first kappa shape index (κ1) is 17.3. The van der Waals surface area contributed by atoms with Crippen molar-refractivity contribution in [2.75, 3.05) is 11.3 Å². The van der Waals surface area contributed by atoms with Crippen LogP contribution in [-0.4, -0.2) is 27.0 Å². The van der Waals surface area contributed by atoms with Gasteiger partial charge in [-0.1, -0.05) is 0 Å². The summed E-state index contributed by atoms with van der Waals surface area (Å²) in [5, 5.41) is 2.87. The van der Waals surface area contributed by atoms with E-state index in [0.29, 0.717) is 23.6 Å². The van der Waals surface area contributed by atoms with Crippen molar-refractivity contribution in [3.8, 4) is 5.75 Å². The fourth-order valence-corrected chi connectivity index (χ4v) is 3.34.